The average molecular weight is 382 g/mol. The lowest BCUT2D eigenvalue weighted by atomic mass is 9.99. The summed E-state index contributed by atoms with van der Waals surface area (Å²) in [4.78, 5) is 38.6. The largest absolute Gasteiger partial charge is 0.328 e. The number of amides is 1. The first-order chi connectivity index (χ1) is 13.5. The summed E-state index contributed by atoms with van der Waals surface area (Å²) in [6.07, 6.45) is 0.539. The number of hydrogen-bond donors (Lipinski definition) is 3. The van der Waals surface area contributed by atoms with Crippen molar-refractivity contribution in [3.8, 4) is 0 Å². The number of rotatable bonds is 4. The number of halogens is 1. The third kappa shape index (κ3) is 3.34. The minimum atomic E-state index is -0.580. The highest BCUT2D eigenvalue weighted by molar-refractivity contribution is 5.91. The van der Waals surface area contributed by atoms with Crippen LogP contribution in [0.2, 0.25) is 0 Å². The smallest absolute Gasteiger partial charge is 0.324 e. The van der Waals surface area contributed by atoms with Crippen molar-refractivity contribution < 1.29 is 9.18 Å². The van der Waals surface area contributed by atoms with Gasteiger partial charge in [0.15, 0.2) is 0 Å². The first-order valence-electron chi connectivity index (χ1n) is 9.07. The quantitative estimate of drug-likeness (QED) is 0.637. The third-order valence-corrected chi connectivity index (χ3v) is 4.95. The molecule has 0 unspecified atom stereocenters. The molecular formula is C20H19FN4O3. The summed E-state index contributed by atoms with van der Waals surface area (Å²) in [5, 5.41) is 6.14. The molecule has 0 saturated carbocycles. The molecule has 1 aromatic heterocycles. The Morgan fingerprint density at radius 2 is 2.00 bits per heavy atom. The highest BCUT2D eigenvalue weighted by Crippen LogP contribution is 2.24. The number of para-hydroxylation sites is 1. The van der Waals surface area contributed by atoms with Crippen LogP contribution in [0.15, 0.2) is 46.0 Å². The first kappa shape index (κ1) is 18.1. The maximum atomic E-state index is 14.7. The lowest BCUT2D eigenvalue weighted by Gasteiger charge is -2.19. The standard InChI is InChI=1S/C20H19FN4O3/c21-18-13-7-9-22-11-12(13)5-6-15(18)23-17(26)8-10-25-16-4-2-1-3-14(16)19(27)24-20(25)28/h1-6,22H,7-11H2,(H,23,26)(H,24,27,28). The molecule has 0 atom stereocenters. The van der Waals surface area contributed by atoms with E-state index < -0.39 is 23.0 Å². The summed E-state index contributed by atoms with van der Waals surface area (Å²) in [5.41, 5.74) is 1.07. The van der Waals surface area contributed by atoms with E-state index in [1.807, 2.05) is 0 Å². The van der Waals surface area contributed by atoms with Crippen molar-refractivity contribution >= 4 is 22.5 Å². The van der Waals surface area contributed by atoms with Crippen LogP contribution < -0.4 is 21.9 Å². The van der Waals surface area contributed by atoms with Crippen LogP contribution in [0.1, 0.15) is 17.5 Å². The van der Waals surface area contributed by atoms with Gasteiger partial charge in [-0.25, -0.2) is 9.18 Å². The minimum Gasteiger partial charge on any atom is -0.324 e. The molecule has 2 heterocycles. The van der Waals surface area contributed by atoms with E-state index in [1.165, 1.54) is 4.57 Å². The van der Waals surface area contributed by atoms with Gasteiger partial charge in [-0.05, 0) is 42.3 Å². The van der Waals surface area contributed by atoms with Crippen LogP contribution in [0.25, 0.3) is 10.9 Å². The van der Waals surface area contributed by atoms with E-state index in [4.69, 9.17) is 0 Å². The summed E-state index contributed by atoms with van der Waals surface area (Å²) < 4.78 is 16.0. The molecular weight excluding hydrogens is 363 g/mol. The predicted molar refractivity (Wildman–Crippen MR) is 104 cm³/mol. The van der Waals surface area contributed by atoms with Crippen LogP contribution in [0.4, 0.5) is 10.1 Å². The van der Waals surface area contributed by atoms with Crippen molar-refractivity contribution in [2.45, 2.75) is 25.9 Å². The summed E-state index contributed by atoms with van der Waals surface area (Å²) in [5.74, 6) is -0.811. The number of carbonyl (C=O) groups is 1. The second-order valence-corrected chi connectivity index (χ2v) is 6.72. The van der Waals surface area contributed by atoms with Crippen LogP contribution in [-0.4, -0.2) is 22.0 Å². The van der Waals surface area contributed by atoms with E-state index in [-0.39, 0.29) is 18.7 Å². The maximum Gasteiger partial charge on any atom is 0.328 e. The van der Waals surface area contributed by atoms with Gasteiger partial charge >= 0.3 is 5.69 Å². The molecule has 7 nitrogen and oxygen atoms in total. The molecule has 0 fully saturated rings. The summed E-state index contributed by atoms with van der Waals surface area (Å²) in [6, 6.07) is 10.0. The van der Waals surface area contributed by atoms with E-state index in [0.717, 1.165) is 5.56 Å². The molecule has 8 heteroatoms. The van der Waals surface area contributed by atoms with Gasteiger partial charge in [-0.2, -0.15) is 0 Å². The van der Waals surface area contributed by atoms with Crippen LogP contribution >= 0.6 is 0 Å². The molecule has 4 rings (SSSR count). The number of H-pyrrole nitrogens is 1. The Morgan fingerprint density at radius 3 is 2.86 bits per heavy atom. The van der Waals surface area contributed by atoms with E-state index >= 15 is 0 Å². The molecule has 0 spiro atoms. The normalized spacial score (nSPS) is 13.3. The highest BCUT2D eigenvalue weighted by Gasteiger charge is 2.17. The fourth-order valence-corrected chi connectivity index (χ4v) is 3.52. The van der Waals surface area contributed by atoms with Gasteiger partial charge in [-0.3, -0.25) is 19.1 Å². The predicted octanol–water partition coefficient (Wildman–Crippen LogP) is 1.50. The molecule has 1 aliphatic rings. The fourth-order valence-electron chi connectivity index (χ4n) is 3.52. The number of aryl methyl sites for hydroxylation is 1. The number of aromatic nitrogens is 2. The minimum absolute atomic E-state index is 0.0337. The zero-order valence-corrected chi connectivity index (χ0v) is 15.0. The molecule has 0 aliphatic carbocycles. The van der Waals surface area contributed by atoms with E-state index in [9.17, 15) is 18.8 Å². The van der Waals surface area contributed by atoms with Crippen molar-refractivity contribution in [1.82, 2.24) is 14.9 Å². The molecule has 1 aliphatic heterocycles. The summed E-state index contributed by atoms with van der Waals surface area (Å²) in [7, 11) is 0. The van der Waals surface area contributed by atoms with Gasteiger partial charge in [0.05, 0.1) is 16.6 Å². The Balaban J connectivity index is 1.53. The van der Waals surface area contributed by atoms with Crippen molar-refractivity contribution in [2.24, 2.45) is 0 Å². The van der Waals surface area contributed by atoms with Crippen molar-refractivity contribution in [2.75, 3.05) is 11.9 Å². The number of fused-ring (bicyclic) bond motifs is 2. The molecule has 2 aromatic carbocycles. The second-order valence-electron chi connectivity index (χ2n) is 6.72. The van der Waals surface area contributed by atoms with Gasteiger partial charge in [0, 0.05) is 19.5 Å². The molecule has 1 amide bonds. The number of nitrogens with zero attached hydrogens (tertiary/aromatic N) is 1. The summed E-state index contributed by atoms with van der Waals surface area (Å²) in [6.45, 7) is 1.38. The van der Waals surface area contributed by atoms with Crippen LogP contribution in [0.5, 0.6) is 0 Å². The Bertz CT molecular complexity index is 1180. The average Bonchev–Trinajstić information content (AvgIpc) is 2.70. The zero-order valence-electron chi connectivity index (χ0n) is 15.0. The monoisotopic (exact) mass is 382 g/mol. The van der Waals surface area contributed by atoms with Crippen LogP contribution in [0, 0.1) is 5.82 Å². The van der Waals surface area contributed by atoms with Gasteiger partial charge in [-0.15, -0.1) is 0 Å². The number of hydrogen-bond acceptors (Lipinski definition) is 4. The van der Waals surface area contributed by atoms with Gasteiger partial charge in [0.1, 0.15) is 5.82 Å². The molecule has 0 saturated heterocycles. The van der Waals surface area contributed by atoms with E-state index in [1.54, 1.807) is 36.4 Å². The second kappa shape index (κ2) is 7.40. The Kier molecular flexibility index (Phi) is 4.79. The van der Waals surface area contributed by atoms with Crippen molar-refractivity contribution in [3.05, 3.63) is 74.2 Å². The molecule has 0 bridgehead atoms. The molecule has 28 heavy (non-hydrogen) atoms. The van der Waals surface area contributed by atoms with E-state index in [0.29, 0.717) is 36.0 Å². The fraction of sp³-hybridized carbons (Fsp3) is 0.250. The molecule has 3 aromatic rings. The zero-order chi connectivity index (χ0) is 19.7. The lowest BCUT2D eigenvalue weighted by molar-refractivity contribution is -0.116. The number of anilines is 1. The van der Waals surface area contributed by atoms with E-state index in [2.05, 4.69) is 15.6 Å². The van der Waals surface area contributed by atoms with Crippen molar-refractivity contribution in [3.63, 3.8) is 0 Å². The lowest BCUT2D eigenvalue weighted by Crippen LogP contribution is -2.31. The van der Waals surface area contributed by atoms with Gasteiger partial charge in [-0.1, -0.05) is 18.2 Å². The number of carbonyl (C=O) groups excluding carboxylic acids is 1. The van der Waals surface area contributed by atoms with Gasteiger partial charge < -0.3 is 10.6 Å². The Labute approximate surface area is 159 Å². The van der Waals surface area contributed by atoms with Crippen LogP contribution in [-0.2, 0) is 24.3 Å². The number of benzene rings is 2. The molecule has 3 N–H and O–H groups in total. The SMILES string of the molecule is O=C(CCn1c(=O)[nH]c(=O)c2ccccc21)Nc1ccc2c(c1F)CCNC2. The highest BCUT2D eigenvalue weighted by atomic mass is 19.1. The Hall–Kier alpha value is -3.26. The third-order valence-electron chi connectivity index (χ3n) is 4.95. The van der Waals surface area contributed by atoms with Crippen LogP contribution in [0.3, 0.4) is 0 Å². The van der Waals surface area contributed by atoms with Gasteiger partial charge in [0.2, 0.25) is 5.91 Å². The topological polar surface area (TPSA) is 96.0 Å². The Morgan fingerprint density at radius 1 is 1.18 bits per heavy atom. The molecule has 144 valence electrons. The first-order valence-corrected chi connectivity index (χ1v) is 9.07. The summed E-state index contributed by atoms with van der Waals surface area (Å²) >= 11 is 0. The number of aromatic amines is 1. The molecule has 0 radical (unpaired) electrons. The van der Waals surface area contributed by atoms with Gasteiger partial charge in [0.25, 0.3) is 5.56 Å². The number of nitrogens with one attached hydrogen (secondary N) is 3. The maximum absolute atomic E-state index is 14.7. The van der Waals surface area contributed by atoms with Crippen molar-refractivity contribution in [1.29, 1.82) is 0 Å².